The molecule has 30 heavy (non-hydrogen) atoms. The molecule has 1 N–H and O–H groups in total. The van der Waals surface area contributed by atoms with Crippen molar-refractivity contribution in [3.63, 3.8) is 0 Å². The molecule has 1 aliphatic heterocycles. The first-order valence-corrected chi connectivity index (χ1v) is 9.53. The molecule has 3 rings (SSSR count). The van der Waals surface area contributed by atoms with Crippen LogP contribution in [0.15, 0.2) is 36.4 Å². The van der Waals surface area contributed by atoms with E-state index >= 15 is 0 Å². The molecule has 0 radical (unpaired) electrons. The van der Waals surface area contributed by atoms with Gasteiger partial charge in [0.05, 0.1) is 5.56 Å². The Labute approximate surface area is 176 Å². The van der Waals surface area contributed by atoms with E-state index in [1.54, 1.807) is 0 Å². The number of amides is 2. The average Bonchev–Trinajstić information content (AvgIpc) is 3.14. The molecular formula is C20H19ClF3N3O3. The van der Waals surface area contributed by atoms with E-state index < -0.39 is 29.0 Å². The summed E-state index contributed by atoms with van der Waals surface area (Å²) in [6.07, 6.45) is -4.67. The fourth-order valence-electron chi connectivity index (χ4n) is 3.16. The Morgan fingerprint density at radius 2 is 2.00 bits per heavy atom. The molecule has 1 aromatic carbocycles. The van der Waals surface area contributed by atoms with Gasteiger partial charge in [0.25, 0.3) is 5.91 Å². The van der Waals surface area contributed by atoms with Crippen LogP contribution in [0.5, 0.6) is 0 Å². The molecule has 0 unspecified atom stereocenters. The van der Waals surface area contributed by atoms with Crippen molar-refractivity contribution in [1.82, 2.24) is 15.2 Å². The van der Waals surface area contributed by atoms with Gasteiger partial charge in [0, 0.05) is 19.1 Å². The van der Waals surface area contributed by atoms with Crippen LogP contribution in [0.2, 0.25) is 5.15 Å². The van der Waals surface area contributed by atoms with Crippen LogP contribution >= 0.6 is 11.6 Å². The largest absolute Gasteiger partial charge is 0.445 e. The quantitative estimate of drug-likeness (QED) is 0.722. The van der Waals surface area contributed by atoms with Crippen molar-refractivity contribution >= 4 is 23.6 Å². The molecule has 6 nitrogen and oxygen atoms in total. The van der Waals surface area contributed by atoms with E-state index in [4.69, 9.17) is 16.3 Å². The van der Waals surface area contributed by atoms with E-state index in [0.717, 1.165) is 11.6 Å². The second-order valence-corrected chi connectivity index (χ2v) is 7.29. The molecule has 1 aliphatic rings. The lowest BCUT2D eigenvalue weighted by atomic mass is 10.1. The number of halogens is 4. The van der Waals surface area contributed by atoms with E-state index in [-0.39, 0.29) is 30.3 Å². The summed E-state index contributed by atoms with van der Waals surface area (Å²) < 4.78 is 43.8. The number of benzene rings is 1. The fourth-order valence-corrected chi connectivity index (χ4v) is 3.49. The molecule has 1 atom stereocenters. The Hall–Kier alpha value is -2.81. The molecule has 2 heterocycles. The molecule has 160 valence electrons. The Morgan fingerprint density at radius 1 is 1.30 bits per heavy atom. The normalized spacial score (nSPS) is 16.4. The van der Waals surface area contributed by atoms with Gasteiger partial charge in [0.2, 0.25) is 0 Å². The van der Waals surface area contributed by atoms with E-state index in [1.807, 2.05) is 30.3 Å². The molecule has 0 aliphatic carbocycles. The summed E-state index contributed by atoms with van der Waals surface area (Å²) in [5.74, 6) is -0.636. The summed E-state index contributed by atoms with van der Waals surface area (Å²) in [5, 5.41) is 2.18. The van der Waals surface area contributed by atoms with Crippen LogP contribution in [0.1, 0.15) is 33.6 Å². The number of pyridine rings is 1. The standard InChI is InChI=1S/C20H19ClF3N3O3/c1-12-9-15(20(22,23)24)26-17(21)16(12)18(28)25-14-7-8-27(10-14)19(29)30-11-13-5-3-2-4-6-13/h2-6,9,14H,7-8,10-11H2,1H3,(H,25,28)/t14-/m0/s1. The zero-order valence-electron chi connectivity index (χ0n) is 16.0. The number of hydrogen-bond acceptors (Lipinski definition) is 4. The number of likely N-dealkylation sites (tertiary alicyclic amines) is 1. The van der Waals surface area contributed by atoms with Crippen LogP contribution in [0, 0.1) is 6.92 Å². The van der Waals surface area contributed by atoms with Gasteiger partial charge in [-0.05, 0) is 30.5 Å². The molecule has 2 amide bonds. The van der Waals surface area contributed by atoms with Crippen molar-refractivity contribution in [2.75, 3.05) is 13.1 Å². The summed E-state index contributed by atoms with van der Waals surface area (Å²) >= 11 is 5.84. The van der Waals surface area contributed by atoms with Gasteiger partial charge < -0.3 is 15.0 Å². The number of nitrogens with zero attached hydrogens (tertiary/aromatic N) is 2. The van der Waals surface area contributed by atoms with Crippen LogP contribution in [0.25, 0.3) is 0 Å². The Kier molecular flexibility index (Phi) is 6.50. The number of aryl methyl sites for hydroxylation is 1. The summed E-state index contributed by atoms with van der Waals surface area (Å²) in [6, 6.07) is 9.62. The third-order valence-corrected chi connectivity index (χ3v) is 4.95. The second-order valence-electron chi connectivity index (χ2n) is 6.93. The van der Waals surface area contributed by atoms with Crippen molar-refractivity contribution < 1.29 is 27.5 Å². The predicted molar refractivity (Wildman–Crippen MR) is 103 cm³/mol. The van der Waals surface area contributed by atoms with Gasteiger partial charge in [0.1, 0.15) is 17.5 Å². The highest BCUT2D eigenvalue weighted by molar-refractivity contribution is 6.32. The lowest BCUT2D eigenvalue weighted by molar-refractivity contribution is -0.141. The maximum absolute atomic E-state index is 12.8. The van der Waals surface area contributed by atoms with Crippen molar-refractivity contribution in [1.29, 1.82) is 0 Å². The second kappa shape index (κ2) is 8.91. The van der Waals surface area contributed by atoms with Crippen LogP contribution in [0.4, 0.5) is 18.0 Å². The van der Waals surface area contributed by atoms with Crippen molar-refractivity contribution in [3.8, 4) is 0 Å². The fraction of sp³-hybridized carbons (Fsp3) is 0.350. The van der Waals surface area contributed by atoms with Gasteiger partial charge in [-0.3, -0.25) is 4.79 Å². The smallest absolute Gasteiger partial charge is 0.433 e. The van der Waals surface area contributed by atoms with Crippen molar-refractivity contribution in [2.24, 2.45) is 0 Å². The van der Waals surface area contributed by atoms with Gasteiger partial charge in [-0.15, -0.1) is 0 Å². The van der Waals surface area contributed by atoms with Crippen LogP contribution < -0.4 is 5.32 Å². The maximum atomic E-state index is 12.8. The molecular weight excluding hydrogens is 423 g/mol. The minimum Gasteiger partial charge on any atom is -0.445 e. The molecule has 1 saturated heterocycles. The van der Waals surface area contributed by atoms with Gasteiger partial charge >= 0.3 is 12.3 Å². The predicted octanol–water partition coefficient (Wildman–Crippen LogP) is 4.20. The Morgan fingerprint density at radius 3 is 2.63 bits per heavy atom. The molecule has 10 heteroatoms. The highest BCUT2D eigenvalue weighted by Gasteiger charge is 2.35. The number of alkyl halides is 3. The SMILES string of the molecule is Cc1cc(C(F)(F)F)nc(Cl)c1C(=O)N[C@H]1CCN(C(=O)OCc2ccccc2)C1. The summed E-state index contributed by atoms with van der Waals surface area (Å²) in [5.41, 5.74) is -0.351. The van der Waals surface area contributed by atoms with E-state index in [1.165, 1.54) is 11.8 Å². The average molecular weight is 442 g/mol. The number of nitrogens with one attached hydrogen (secondary N) is 1. The minimum atomic E-state index is -4.66. The number of hydrogen-bond donors (Lipinski definition) is 1. The van der Waals surface area contributed by atoms with Crippen LogP contribution in [-0.4, -0.2) is 41.0 Å². The van der Waals surface area contributed by atoms with Gasteiger partial charge in [-0.25, -0.2) is 9.78 Å². The molecule has 1 aromatic heterocycles. The van der Waals surface area contributed by atoms with E-state index in [9.17, 15) is 22.8 Å². The van der Waals surface area contributed by atoms with Gasteiger partial charge in [-0.2, -0.15) is 13.2 Å². The monoisotopic (exact) mass is 441 g/mol. The van der Waals surface area contributed by atoms with E-state index in [0.29, 0.717) is 13.0 Å². The molecule has 0 saturated carbocycles. The summed E-state index contributed by atoms with van der Waals surface area (Å²) in [6.45, 7) is 2.11. The lowest BCUT2D eigenvalue weighted by Gasteiger charge is -2.18. The lowest BCUT2D eigenvalue weighted by Crippen LogP contribution is -2.39. The highest BCUT2D eigenvalue weighted by atomic mass is 35.5. The first kappa shape index (κ1) is 21.9. The zero-order valence-corrected chi connectivity index (χ0v) is 16.8. The van der Waals surface area contributed by atoms with Crippen LogP contribution in [0.3, 0.4) is 0 Å². The number of carbonyl (C=O) groups excluding carboxylic acids is 2. The molecule has 1 fully saturated rings. The third kappa shape index (κ3) is 5.21. The molecule has 0 bridgehead atoms. The first-order valence-electron chi connectivity index (χ1n) is 9.16. The number of carbonyl (C=O) groups is 2. The Balaban J connectivity index is 1.57. The summed E-state index contributed by atoms with van der Waals surface area (Å²) in [4.78, 5) is 29.5. The Bertz CT molecular complexity index is 915. The number of aromatic nitrogens is 1. The van der Waals surface area contributed by atoms with Crippen molar-refractivity contribution in [3.05, 3.63) is 63.9 Å². The van der Waals surface area contributed by atoms with E-state index in [2.05, 4.69) is 10.3 Å². The molecule has 2 aromatic rings. The molecule has 0 spiro atoms. The first-order chi connectivity index (χ1) is 14.1. The maximum Gasteiger partial charge on any atom is 0.433 e. The zero-order chi connectivity index (χ0) is 21.9. The third-order valence-electron chi connectivity index (χ3n) is 4.68. The topological polar surface area (TPSA) is 71.5 Å². The van der Waals surface area contributed by atoms with Gasteiger partial charge in [0.15, 0.2) is 0 Å². The van der Waals surface area contributed by atoms with Crippen molar-refractivity contribution in [2.45, 2.75) is 32.2 Å². The summed E-state index contributed by atoms with van der Waals surface area (Å²) in [7, 11) is 0. The van der Waals surface area contributed by atoms with Gasteiger partial charge in [-0.1, -0.05) is 41.9 Å². The minimum absolute atomic E-state index is 0.0666. The van der Waals surface area contributed by atoms with Crippen LogP contribution in [-0.2, 0) is 17.5 Å². The highest BCUT2D eigenvalue weighted by Crippen LogP contribution is 2.31. The number of ether oxygens (including phenoxy) is 1. The number of rotatable bonds is 4.